The molecule has 0 amide bonds. The number of halogens is 6. The molecule has 1 rings (SSSR count). The summed E-state index contributed by atoms with van der Waals surface area (Å²) in [7, 11) is 0. The van der Waals surface area contributed by atoms with E-state index in [2.05, 4.69) is 0 Å². The summed E-state index contributed by atoms with van der Waals surface area (Å²) in [6.07, 6.45) is -9.25. The molecule has 0 aliphatic rings. The van der Waals surface area contributed by atoms with Crippen LogP contribution >= 0.6 is 0 Å². The van der Waals surface area contributed by atoms with Gasteiger partial charge in [-0.25, -0.2) is 4.79 Å². The molecule has 0 saturated heterocycles. The average Bonchev–Trinajstić information content (AvgIpc) is 2.32. The first-order valence-electron chi connectivity index (χ1n) is 5.69. The van der Waals surface area contributed by atoms with E-state index in [-0.39, 0.29) is 12.0 Å². The lowest BCUT2D eigenvalue weighted by molar-refractivity contribution is -0.162. The van der Waals surface area contributed by atoms with Gasteiger partial charge < -0.3 is 5.11 Å². The third kappa shape index (κ3) is 3.99. The van der Waals surface area contributed by atoms with Crippen molar-refractivity contribution in [1.29, 1.82) is 0 Å². The Kier molecular flexibility index (Phi) is 4.70. The monoisotopic (exact) mass is 312 g/mol. The van der Waals surface area contributed by atoms with Crippen LogP contribution < -0.4 is 0 Å². The van der Waals surface area contributed by atoms with Crippen LogP contribution in [0.2, 0.25) is 0 Å². The molecule has 0 atom stereocenters. The van der Waals surface area contributed by atoms with Crippen LogP contribution in [0.1, 0.15) is 29.2 Å². The van der Waals surface area contributed by atoms with Gasteiger partial charge in [0.25, 0.3) is 0 Å². The lowest BCUT2D eigenvalue weighted by atomic mass is 9.93. The molecule has 0 heterocycles. The fraction of sp³-hybridized carbons (Fsp3) is 0.308. The Balaban J connectivity index is 3.66. The number of alkyl halides is 6. The van der Waals surface area contributed by atoms with Crippen LogP contribution in [0, 0.1) is 0 Å². The first-order valence-corrected chi connectivity index (χ1v) is 5.69. The molecule has 0 bridgehead atoms. The van der Waals surface area contributed by atoms with E-state index in [0.29, 0.717) is 12.1 Å². The average molecular weight is 312 g/mol. The number of hydrogen-bond acceptors (Lipinski definition) is 1. The Morgan fingerprint density at radius 3 is 2.10 bits per heavy atom. The van der Waals surface area contributed by atoms with Gasteiger partial charge in [0.05, 0.1) is 11.1 Å². The minimum absolute atomic E-state index is 0.208. The second-order valence-corrected chi connectivity index (χ2v) is 4.08. The van der Waals surface area contributed by atoms with Crippen molar-refractivity contribution in [1.82, 2.24) is 0 Å². The third-order valence-electron chi connectivity index (χ3n) is 2.70. The number of hydrogen-bond donors (Lipinski definition) is 1. The Morgan fingerprint density at radius 2 is 1.71 bits per heavy atom. The van der Waals surface area contributed by atoms with Gasteiger partial charge in [0.2, 0.25) is 0 Å². The van der Waals surface area contributed by atoms with Crippen molar-refractivity contribution >= 4 is 12.0 Å². The quantitative estimate of drug-likeness (QED) is 0.664. The van der Waals surface area contributed by atoms with E-state index in [1.807, 2.05) is 0 Å². The highest BCUT2D eigenvalue weighted by Gasteiger charge is 2.44. The van der Waals surface area contributed by atoms with Gasteiger partial charge in [-0.1, -0.05) is 13.0 Å². The van der Waals surface area contributed by atoms with Crippen molar-refractivity contribution in [2.75, 3.05) is 0 Å². The third-order valence-corrected chi connectivity index (χ3v) is 2.70. The molecule has 2 nitrogen and oxygen atoms in total. The number of rotatable bonds is 3. The van der Waals surface area contributed by atoms with Gasteiger partial charge in [-0.15, -0.1) is 0 Å². The second-order valence-electron chi connectivity index (χ2n) is 4.08. The maximum Gasteiger partial charge on any atom is 0.417 e. The van der Waals surface area contributed by atoms with E-state index < -0.39 is 35.0 Å². The van der Waals surface area contributed by atoms with Crippen LogP contribution in [0.5, 0.6) is 0 Å². The smallest absolute Gasteiger partial charge is 0.417 e. The van der Waals surface area contributed by atoms with E-state index >= 15 is 0 Å². The Bertz CT molecular complexity index is 569. The summed E-state index contributed by atoms with van der Waals surface area (Å²) in [6.45, 7) is 1.27. The van der Waals surface area contributed by atoms with Crippen molar-refractivity contribution in [3.05, 3.63) is 40.5 Å². The maximum absolute atomic E-state index is 13.0. The number of benzene rings is 1. The number of carboxylic acids is 1. The number of carbonyl (C=O) groups is 1. The van der Waals surface area contributed by atoms with Crippen molar-refractivity contribution in [2.24, 2.45) is 0 Å². The molecule has 116 valence electrons. The summed E-state index contributed by atoms with van der Waals surface area (Å²) in [5, 5.41) is 8.46. The van der Waals surface area contributed by atoms with E-state index in [0.717, 1.165) is 12.1 Å². The zero-order chi connectivity index (χ0) is 16.4. The van der Waals surface area contributed by atoms with Gasteiger partial charge >= 0.3 is 18.3 Å². The van der Waals surface area contributed by atoms with Gasteiger partial charge in [0.1, 0.15) is 0 Å². The standard InChI is InChI=1S/C13H10F6O2/c1-2-8-7(4-6-10(20)21)3-5-9(12(14,15)16)11(8)13(17,18)19/h3-6H,2H2,1H3,(H,20,21)/b6-4+. The molecule has 21 heavy (non-hydrogen) atoms. The lowest BCUT2D eigenvalue weighted by Gasteiger charge is -2.20. The molecular weight excluding hydrogens is 302 g/mol. The molecule has 8 heteroatoms. The van der Waals surface area contributed by atoms with Crippen molar-refractivity contribution in [2.45, 2.75) is 25.7 Å². The highest BCUT2D eigenvalue weighted by molar-refractivity contribution is 5.85. The molecule has 1 aromatic carbocycles. The van der Waals surface area contributed by atoms with Gasteiger partial charge in [-0.05, 0) is 29.7 Å². The molecule has 0 radical (unpaired) electrons. The summed E-state index contributed by atoms with van der Waals surface area (Å²) in [5.41, 5.74) is -4.35. The predicted octanol–water partition coefficient (Wildman–Crippen LogP) is 4.38. The molecule has 0 spiro atoms. The largest absolute Gasteiger partial charge is 0.478 e. The van der Waals surface area contributed by atoms with Crippen LogP contribution in [-0.4, -0.2) is 11.1 Å². The molecule has 0 unspecified atom stereocenters. The Morgan fingerprint density at radius 1 is 1.14 bits per heavy atom. The Labute approximate surface area is 115 Å². The van der Waals surface area contributed by atoms with Crippen molar-refractivity contribution in [3.8, 4) is 0 Å². The second kappa shape index (κ2) is 5.79. The van der Waals surface area contributed by atoms with Gasteiger partial charge in [0, 0.05) is 6.08 Å². The van der Waals surface area contributed by atoms with Crippen molar-refractivity contribution < 1.29 is 36.2 Å². The number of aliphatic carboxylic acids is 1. The molecule has 0 aliphatic carbocycles. The molecule has 0 fully saturated rings. The van der Waals surface area contributed by atoms with Gasteiger partial charge in [0.15, 0.2) is 0 Å². The van der Waals surface area contributed by atoms with Crippen LogP contribution in [0.3, 0.4) is 0 Å². The molecule has 1 aromatic rings. The van der Waals surface area contributed by atoms with Crippen LogP contribution in [-0.2, 0) is 23.6 Å². The summed E-state index contributed by atoms with van der Waals surface area (Å²) < 4.78 is 77.1. The zero-order valence-corrected chi connectivity index (χ0v) is 10.6. The van der Waals surface area contributed by atoms with Gasteiger partial charge in [-0.2, -0.15) is 26.3 Å². The predicted molar refractivity (Wildman–Crippen MR) is 62.5 cm³/mol. The minimum atomic E-state index is -5.19. The molecular formula is C13H10F6O2. The van der Waals surface area contributed by atoms with Crippen LogP contribution in [0.15, 0.2) is 18.2 Å². The normalized spacial score (nSPS) is 12.9. The minimum Gasteiger partial charge on any atom is -0.478 e. The zero-order valence-electron chi connectivity index (χ0n) is 10.6. The number of carboxylic acid groups (broad SMARTS) is 1. The summed E-state index contributed by atoms with van der Waals surface area (Å²) >= 11 is 0. The molecule has 1 N–H and O–H groups in total. The van der Waals surface area contributed by atoms with E-state index in [1.165, 1.54) is 6.92 Å². The SMILES string of the molecule is CCc1c(/C=C/C(=O)O)ccc(C(F)(F)F)c1C(F)(F)F. The Hall–Kier alpha value is -1.99. The summed E-state index contributed by atoms with van der Waals surface area (Å²) in [4.78, 5) is 10.4. The highest BCUT2D eigenvalue weighted by atomic mass is 19.4. The summed E-state index contributed by atoms with van der Waals surface area (Å²) in [6, 6.07) is 1.14. The highest BCUT2D eigenvalue weighted by Crippen LogP contribution is 2.43. The van der Waals surface area contributed by atoms with E-state index in [4.69, 9.17) is 5.11 Å². The van der Waals surface area contributed by atoms with E-state index in [1.54, 1.807) is 0 Å². The maximum atomic E-state index is 13.0. The molecule has 0 saturated carbocycles. The topological polar surface area (TPSA) is 37.3 Å². The first kappa shape index (κ1) is 17.1. The fourth-order valence-corrected chi connectivity index (χ4v) is 1.92. The molecule has 0 aliphatic heterocycles. The first-order chi connectivity index (χ1) is 9.48. The summed E-state index contributed by atoms with van der Waals surface area (Å²) in [5.74, 6) is -1.41. The van der Waals surface area contributed by atoms with Crippen LogP contribution in [0.4, 0.5) is 26.3 Å². The van der Waals surface area contributed by atoms with Crippen LogP contribution in [0.25, 0.3) is 6.08 Å². The van der Waals surface area contributed by atoms with Gasteiger partial charge in [-0.3, -0.25) is 0 Å². The molecule has 0 aromatic heterocycles. The lowest BCUT2D eigenvalue weighted by Crippen LogP contribution is -2.19. The van der Waals surface area contributed by atoms with Crippen molar-refractivity contribution in [3.63, 3.8) is 0 Å². The fourth-order valence-electron chi connectivity index (χ4n) is 1.92. The van der Waals surface area contributed by atoms with E-state index in [9.17, 15) is 31.1 Å².